The van der Waals surface area contributed by atoms with E-state index >= 15 is 0 Å². The van der Waals surface area contributed by atoms with E-state index < -0.39 is 5.91 Å². The van der Waals surface area contributed by atoms with E-state index in [1.807, 2.05) is 0 Å². The number of hydrogen-bond acceptors (Lipinski definition) is 5. The highest BCUT2D eigenvalue weighted by Gasteiger charge is 2.17. The van der Waals surface area contributed by atoms with Crippen LogP contribution in [0.15, 0.2) is 36.4 Å². The first-order valence-corrected chi connectivity index (χ1v) is 8.78. The number of ether oxygens (including phenoxy) is 3. The van der Waals surface area contributed by atoms with Crippen LogP contribution in [0.1, 0.15) is 12.0 Å². The monoisotopic (exact) mass is 390 g/mol. The lowest BCUT2D eigenvalue weighted by atomic mass is 10.1. The van der Waals surface area contributed by atoms with Crippen molar-refractivity contribution in [2.45, 2.75) is 12.8 Å². The summed E-state index contributed by atoms with van der Waals surface area (Å²) in [5.41, 5.74) is 6.42. The van der Waals surface area contributed by atoms with Gasteiger partial charge in [0, 0.05) is 5.69 Å². The van der Waals surface area contributed by atoms with Crippen LogP contribution in [0.5, 0.6) is 17.2 Å². The Bertz CT molecular complexity index is 839. The number of rotatable bonds is 7. The molecule has 3 N–H and O–H groups in total. The summed E-state index contributed by atoms with van der Waals surface area (Å²) in [7, 11) is 0. The van der Waals surface area contributed by atoms with Crippen LogP contribution >= 0.6 is 11.6 Å². The van der Waals surface area contributed by atoms with E-state index in [1.165, 1.54) is 0 Å². The molecule has 142 valence electrons. The molecule has 8 heteroatoms. The second-order valence-electron chi connectivity index (χ2n) is 5.92. The molecule has 1 heterocycles. The standard InChI is InChI=1S/C19H19ClN2O5/c20-15-9-12(10-16-19(15)27-8-7-26-16)11-18(24)22-13-1-3-14(4-2-13)25-6-5-17(21)23/h1-4,9-10H,5-8,11H2,(H2,21,23)(H,22,24). The summed E-state index contributed by atoms with van der Waals surface area (Å²) in [5.74, 6) is 1.05. The van der Waals surface area contributed by atoms with Crippen LogP contribution in [0.2, 0.25) is 5.02 Å². The fourth-order valence-corrected chi connectivity index (χ4v) is 2.85. The summed E-state index contributed by atoms with van der Waals surface area (Å²) in [6.07, 6.45) is 0.295. The fraction of sp³-hybridized carbons (Fsp3) is 0.263. The van der Waals surface area contributed by atoms with E-state index in [0.29, 0.717) is 41.2 Å². The van der Waals surface area contributed by atoms with Crippen LogP contribution < -0.4 is 25.3 Å². The highest BCUT2D eigenvalue weighted by atomic mass is 35.5. The molecule has 0 spiro atoms. The molecule has 0 saturated heterocycles. The van der Waals surface area contributed by atoms with Gasteiger partial charge in [0.15, 0.2) is 11.5 Å². The van der Waals surface area contributed by atoms with Crippen molar-refractivity contribution in [2.24, 2.45) is 5.73 Å². The van der Waals surface area contributed by atoms with Gasteiger partial charge in [-0.15, -0.1) is 0 Å². The van der Waals surface area contributed by atoms with Gasteiger partial charge < -0.3 is 25.3 Å². The molecule has 27 heavy (non-hydrogen) atoms. The first-order chi connectivity index (χ1) is 13.0. The number of carbonyl (C=O) groups is 2. The smallest absolute Gasteiger partial charge is 0.228 e. The Morgan fingerprint density at radius 3 is 2.63 bits per heavy atom. The summed E-state index contributed by atoms with van der Waals surface area (Å²) >= 11 is 6.19. The number of carbonyl (C=O) groups excluding carboxylic acids is 2. The Kier molecular flexibility index (Phi) is 6.03. The highest BCUT2D eigenvalue weighted by Crippen LogP contribution is 2.38. The predicted octanol–water partition coefficient (Wildman–Crippen LogP) is 2.55. The van der Waals surface area contributed by atoms with E-state index in [9.17, 15) is 9.59 Å². The van der Waals surface area contributed by atoms with Gasteiger partial charge >= 0.3 is 0 Å². The predicted molar refractivity (Wildman–Crippen MR) is 101 cm³/mol. The van der Waals surface area contributed by atoms with Gasteiger partial charge in [-0.1, -0.05) is 11.6 Å². The molecule has 0 fully saturated rings. The van der Waals surface area contributed by atoms with Gasteiger partial charge in [0.05, 0.1) is 24.5 Å². The number of fused-ring (bicyclic) bond motifs is 1. The lowest BCUT2D eigenvalue weighted by Crippen LogP contribution is -2.17. The van der Waals surface area contributed by atoms with Gasteiger partial charge in [0.25, 0.3) is 0 Å². The van der Waals surface area contributed by atoms with Gasteiger partial charge in [-0.3, -0.25) is 9.59 Å². The maximum Gasteiger partial charge on any atom is 0.228 e. The first kappa shape index (κ1) is 18.8. The number of primary amides is 1. The molecule has 1 aliphatic heterocycles. The molecule has 0 aromatic heterocycles. The molecule has 0 bridgehead atoms. The zero-order chi connectivity index (χ0) is 19.2. The Balaban J connectivity index is 1.56. The number of hydrogen-bond donors (Lipinski definition) is 2. The zero-order valence-electron chi connectivity index (χ0n) is 14.5. The Morgan fingerprint density at radius 1 is 1.15 bits per heavy atom. The van der Waals surface area contributed by atoms with Crippen molar-refractivity contribution >= 4 is 29.1 Å². The second kappa shape index (κ2) is 8.64. The fourth-order valence-electron chi connectivity index (χ4n) is 2.56. The number of nitrogens with one attached hydrogen (secondary N) is 1. The molecule has 0 aliphatic carbocycles. The molecule has 0 saturated carbocycles. The van der Waals surface area contributed by atoms with Crippen molar-refractivity contribution in [1.29, 1.82) is 0 Å². The van der Waals surface area contributed by atoms with Crippen LogP contribution in [0.25, 0.3) is 0 Å². The molecule has 1 aliphatic rings. The summed E-state index contributed by atoms with van der Waals surface area (Å²) in [5, 5.41) is 3.23. The molecule has 2 aromatic rings. The summed E-state index contributed by atoms with van der Waals surface area (Å²) in [6, 6.07) is 10.3. The highest BCUT2D eigenvalue weighted by molar-refractivity contribution is 6.32. The average molecular weight is 391 g/mol. The molecule has 2 aromatic carbocycles. The lowest BCUT2D eigenvalue weighted by molar-refractivity contribution is -0.118. The van der Waals surface area contributed by atoms with Crippen molar-refractivity contribution in [2.75, 3.05) is 25.1 Å². The molecule has 0 unspecified atom stereocenters. The number of nitrogens with two attached hydrogens (primary N) is 1. The van der Waals surface area contributed by atoms with Crippen molar-refractivity contribution < 1.29 is 23.8 Å². The third-order valence-corrected chi connectivity index (χ3v) is 4.06. The summed E-state index contributed by atoms with van der Waals surface area (Å²) in [4.78, 5) is 23.0. The number of anilines is 1. The zero-order valence-corrected chi connectivity index (χ0v) is 15.3. The molecule has 0 atom stereocenters. The third-order valence-electron chi connectivity index (χ3n) is 3.78. The van der Waals surface area contributed by atoms with Gasteiger partial charge in [-0.25, -0.2) is 0 Å². The topological polar surface area (TPSA) is 99.9 Å². The van der Waals surface area contributed by atoms with Crippen molar-refractivity contribution in [3.8, 4) is 17.2 Å². The quantitative estimate of drug-likeness (QED) is 0.756. The van der Waals surface area contributed by atoms with Crippen molar-refractivity contribution in [3.05, 3.63) is 47.0 Å². The third kappa shape index (κ3) is 5.27. The molecule has 2 amide bonds. The van der Waals surface area contributed by atoms with Crippen LogP contribution in [-0.2, 0) is 16.0 Å². The van der Waals surface area contributed by atoms with Gasteiger partial charge in [0.2, 0.25) is 11.8 Å². The molecular weight excluding hydrogens is 372 g/mol. The van der Waals surface area contributed by atoms with E-state index in [1.54, 1.807) is 36.4 Å². The van der Waals surface area contributed by atoms with Crippen LogP contribution in [-0.4, -0.2) is 31.6 Å². The Hall–Kier alpha value is -2.93. The van der Waals surface area contributed by atoms with Gasteiger partial charge in [0.1, 0.15) is 19.0 Å². The number of halogens is 1. The molecule has 7 nitrogen and oxygen atoms in total. The second-order valence-corrected chi connectivity index (χ2v) is 6.32. The lowest BCUT2D eigenvalue weighted by Gasteiger charge is -2.20. The molecule has 0 radical (unpaired) electrons. The minimum Gasteiger partial charge on any atom is -0.493 e. The average Bonchev–Trinajstić information content (AvgIpc) is 2.63. The SMILES string of the molecule is NC(=O)CCOc1ccc(NC(=O)Cc2cc(Cl)c3c(c2)OCCO3)cc1. The van der Waals surface area contributed by atoms with Crippen LogP contribution in [0.3, 0.4) is 0 Å². The van der Waals surface area contributed by atoms with E-state index in [2.05, 4.69) is 5.32 Å². The van der Waals surface area contributed by atoms with Gasteiger partial charge in [-0.05, 0) is 42.0 Å². The normalized spacial score (nSPS) is 12.3. The molecular formula is C19H19ClN2O5. The van der Waals surface area contributed by atoms with Crippen molar-refractivity contribution in [3.63, 3.8) is 0 Å². The Morgan fingerprint density at radius 2 is 1.89 bits per heavy atom. The minimum absolute atomic E-state index is 0.146. The van der Waals surface area contributed by atoms with Crippen LogP contribution in [0.4, 0.5) is 5.69 Å². The Labute approximate surface area is 161 Å². The van der Waals surface area contributed by atoms with Crippen molar-refractivity contribution in [1.82, 2.24) is 0 Å². The van der Waals surface area contributed by atoms with E-state index in [0.717, 1.165) is 5.56 Å². The molecule has 3 rings (SSSR count). The van der Waals surface area contributed by atoms with Crippen LogP contribution in [0, 0.1) is 0 Å². The maximum absolute atomic E-state index is 12.3. The van der Waals surface area contributed by atoms with E-state index in [4.69, 9.17) is 31.5 Å². The van der Waals surface area contributed by atoms with Gasteiger partial charge in [-0.2, -0.15) is 0 Å². The number of amides is 2. The summed E-state index contributed by atoms with van der Waals surface area (Å²) in [6.45, 7) is 1.12. The maximum atomic E-state index is 12.3. The first-order valence-electron chi connectivity index (χ1n) is 8.40. The number of benzene rings is 2. The van der Waals surface area contributed by atoms with E-state index in [-0.39, 0.29) is 25.4 Å². The summed E-state index contributed by atoms with van der Waals surface area (Å²) < 4.78 is 16.4. The largest absolute Gasteiger partial charge is 0.493 e. The minimum atomic E-state index is -0.418.